The third-order valence-corrected chi connectivity index (χ3v) is 6.72. The predicted octanol–water partition coefficient (Wildman–Crippen LogP) is 1.25. The second kappa shape index (κ2) is 7.43. The highest BCUT2D eigenvalue weighted by Gasteiger charge is 2.43. The highest BCUT2D eigenvalue weighted by atomic mass is 32.2. The molecular weight excluding hydrogens is 428 g/mol. The number of ketones is 1. The van der Waals surface area contributed by atoms with E-state index in [2.05, 4.69) is 10.1 Å². The predicted molar refractivity (Wildman–Crippen MR) is 109 cm³/mol. The van der Waals surface area contributed by atoms with E-state index >= 15 is 0 Å². The van der Waals surface area contributed by atoms with E-state index in [0.29, 0.717) is 5.52 Å². The van der Waals surface area contributed by atoms with Gasteiger partial charge in [-0.15, -0.1) is 11.3 Å². The number of imide groups is 1. The Balaban J connectivity index is 1.74. The van der Waals surface area contributed by atoms with Crippen LogP contribution in [0.4, 0.5) is 0 Å². The standard InChI is InChI=1S/C19H14N4O5S2/c1-10-6-8-11(9-7-10)30(27,28)23-22-15-14(16(24)18(26)21-17(15)25)19-20-12-4-2-3-5-13(12)29-19/h2-9,14,23H,1H3,(H,21,25,26)/b22-15-. The van der Waals surface area contributed by atoms with Crippen LogP contribution in [0.1, 0.15) is 16.5 Å². The maximum Gasteiger partial charge on any atom is 0.295 e. The molecule has 2 heterocycles. The fraction of sp³-hybridized carbons (Fsp3) is 0.105. The van der Waals surface area contributed by atoms with Gasteiger partial charge in [-0.25, -0.2) is 4.98 Å². The summed E-state index contributed by atoms with van der Waals surface area (Å²) in [6.45, 7) is 1.81. The first-order valence-electron chi connectivity index (χ1n) is 8.67. The van der Waals surface area contributed by atoms with Crippen molar-refractivity contribution in [2.75, 3.05) is 0 Å². The molecule has 1 saturated heterocycles. The van der Waals surface area contributed by atoms with Crippen LogP contribution >= 0.6 is 11.3 Å². The number of sulfonamides is 1. The third-order valence-electron chi connectivity index (χ3n) is 4.39. The lowest BCUT2D eigenvalue weighted by Crippen LogP contribution is -2.52. The molecule has 152 valence electrons. The number of rotatable bonds is 4. The average molecular weight is 442 g/mol. The Hall–Kier alpha value is -3.44. The molecule has 3 aromatic rings. The van der Waals surface area contributed by atoms with E-state index in [4.69, 9.17) is 0 Å². The Bertz CT molecular complexity index is 1290. The van der Waals surface area contributed by atoms with Gasteiger partial charge in [0.05, 0.1) is 15.1 Å². The van der Waals surface area contributed by atoms with Crippen LogP contribution < -0.4 is 10.1 Å². The number of thiazole rings is 1. The van der Waals surface area contributed by atoms with E-state index in [-0.39, 0.29) is 9.90 Å². The molecule has 1 aliphatic heterocycles. The van der Waals surface area contributed by atoms with Crippen LogP contribution in [-0.2, 0) is 24.4 Å². The monoisotopic (exact) mass is 442 g/mol. The van der Waals surface area contributed by atoms with Crippen LogP contribution in [0.3, 0.4) is 0 Å². The Morgan fingerprint density at radius 1 is 1.03 bits per heavy atom. The summed E-state index contributed by atoms with van der Waals surface area (Å²) in [5, 5.41) is 5.77. The summed E-state index contributed by atoms with van der Waals surface area (Å²) in [5.41, 5.74) is 1.00. The van der Waals surface area contributed by atoms with Gasteiger partial charge in [-0.2, -0.15) is 18.4 Å². The largest absolute Gasteiger partial charge is 0.295 e. The molecule has 2 amide bonds. The lowest BCUT2D eigenvalue weighted by atomic mass is 9.94. The molecule has 2 N–H and O–H groups in total. The number of aryl methyl sites for hydroxylation is 1. The van der Waals surface area contributed by atoms with E-state index in [1.54, 1.807) is 36.4 Å². The van der Waals surface area contributed by atoms with Gasteiger partial charge in [-0.1, -0.05) is 29.8 Å². The minimum atomic E-state index is -4.09. The number of nitrogens with zero attached hydrogens (tertiary/aromatic N) is 2. The number of hydrazone groups is 1. The van der Waals surface area contributed by atoms with Gasteiger partial charge >= 0.3 is 0 Å². The normalized spacial score (nSPS) is 18.6. The van der Waals surface area contributed by atoms with Gasteiger partial charge in [0.25, 0.3) is 21.8 Å². The van der Waals surface area contributed by atoms with Gasteiger partial charge < -0.3 is 0 Å². The number of piperidine rings is 1. The minimum Gasteiger partial charge on any atom is -0.287 e. The molecule has 9 nitrogen and oxygen atoms in total. The molecule has 0 bridgehead atoms. The lowest BCUT2D eigenvalue weighted by Gasteiger charge is -2.19. The average Bonchev–Trinajstić information content (AvgIpc) is 3.13. The quantitative estimate of drug-likeness (QED) is 0.355. The zero-order valence-corrected chi connectivity index (χ0v) is 17.1. The molecule has 1 aliphatic rings. The number of carbonyl (C=O) groups excluding carboxylic acids is 3. The Morgan fingerprint density at radius 2 is 1.73 bits per heavy atom. The fourth-order valence-electron chi connectivity index (χ4n) is 2.85. The molecule has 30 heavy (non-hydrogen) atoms. The summed E-state index contributed by atoms with van der Waals surface area (Å²) < 4.78 is 25.8. The van der Waals surface area contributed by atoms with Crippen LogP contribution in [0, 0.1) is 6.92 Å². The molecule has 0 saturated carbocycles. The number of amides is 2. The summed E-state index contributed by atoms with van der Waals surface area (Å²) in [4.78, 5) is 43.1. The number of hydrogen-bond acceptors (Lipinski definition) is 8. The molecule has 0 spiro atoms. The van der Waals surface area contributed by atoms with Crippen molar-refractivity contribution in [3.05, 3.63) is 59.1 Å². The van der Waals surface area contributed by atoms with Gasteiger partial charge in [-0.05, 0) is 31.2 Å². The molecule has 11 heteroatoms. The van der Waals surface area contributed by atoms with Crippen LogP contribution in [0.15, 0.2) is 58.5 Å². The lowest BCUT2D eigenvalue weighted by molar-refractivity contribution is -0.141. The number of nitrogens with one attached hydrogen (secondary N) is 2. The van der Waals surface area contributed by atoms with Crippen molar-refractivity contribution >= 4 is 54.9 Å². The number of aromatic nitrogens is 1. The molecule has 1 unspecified atom stereocenters. The summed E-state index contributed by atoms with van der Waals surface area (Å²) in [7, 11) is -4.09. The van der Waals surface area contributed by atoms with Gasteiger partial charge in [0.15, 0.2) is 0 Å². The first-order valence-corrected chi connectivity index (χ1v) is 11.0. The van der Waals surface area contributed by atoms with Crippen LogP contribution in [0.5, 0.6) is 0 Å². The summed E-state index contributed by atoms with van der Waals surface area (Å²) in [6, 6.07) is 13.1. The number of Topliss-reactive ketones (excluding diaryl/α,β-unsaturated/α-hetero) is 1. The first kappa shape index (κ1) is 19.9. The summed E-state index contributed by atoms with van der Waals surface area (Å²) in [6.07, 6.45) is 0. The van der Waals surface area contributed by atoms with Crippen molar-refractivity contribution in [2.24, 2.45) is 5.10 Å². The maximum atomic E-state index is 12.5. The van der Waals surface area contributed by atoms with E-state index in [1.807, 2.05) is 17.1 Å². The van der Waals surface area contributed by atoms with Crippen molar-refractivity contribution in [3.8, 4) is 0 Å². The van der Waals surface area contributed by atoms with E-state index in [1.165, 1.54) is 12.1 Å². The Morgan fingerprint density at radius 3 is 2.43 bits per heavy atom. The van der Waals surface area contributed by atoms with E-state index in [9.17, 15) is 22.8 Å². The highest BCUT2D eigenvalue weighted by molar-refractivity contribution is 7.89. The SMILES string of the molecule is Cc1ccc(S(=O)(=O)N/N=C2\C(=O)NC(=O)C(=O)C2c2nc3ccccc3s2)cc1. The number of para-hydroxylation sites is 1. The van der Waals surface area contributed by atoms with Crippen molar-refractivity contribution < 1.29 is 22.8 Å². The van der Waals surface area contributed by atoms with Crippen LogP contribution in [0.2, 0.25) is 0 Å². The third kappa shape index (κ3) is 3.60. The van der Waals surface area contributed by atoms with E-state index in [0.717, 1.165) is 21.6 Å². The Labute approximate surface area is 174 Å². The van der Waals surface area contributed by atoms with Crippen molar-refractivity contribution in [2.45, 2.75) is 17.7 Å². The number of carbonyl (C=O) groups is 3. The maximum absolute atomic E-state index is 12.5. The number of benzene rings is 2. The van der Waals surface area contributed by atoms with Crippen LogP contribution in [-0.4, -0.2) is 36.7 Å². The molecule has 4 rings (SSSR count). The first-order chi connectivity index (χ1) is 14.3. The molecular formula is C19H14N4O5S2. The summed E-state index contributed by atoms with van der Waals surface area (Å²) in [5.74, 6) is -4.40. The van der Waals surface area contributed by atoms with Crippen molar-refractivity contribution in [1.82, 2.24) is 15.1 Å². The topological polar surface area (TPSA) is 135 Å². The fourth-order valence-corrected chi connectivity index (χ4v) is 4.74. The second-order valence-corrected chi connectivity index (χ2v) is 9.23. The number of hydrogen-bond donors (Lipinski definition) is 2. The zero-order valence-electron chi connectivity index (χ0n) is 15.4. The van der Waals surface area contributed by atoms with Gasteiger partial charge in [0.1, 0.15) is 16.6 Å². The van der Waals surface area contributed by atoms with Crippen molar-refractivity contribution in [1.29, 1.82) is 0 Å². The van der Waals surface area contributed by atoms with Gasteiger partial charge in [-0.3, -0.25) is 19.7 Å². The van der Waals surface area contributed by atoms with Gasteiger partial charge in [0.2, 0.25) is 5.78 Å². The van der Waals surface area contributed by atoms with Gasteiger partial charge in [0, 0.05) is 0 Å². The second-order valence-electron chi connectivity index (χ2n) is 6.51. The van der Waals surface area contributed by atoms with Crippen molar-refractivity contribution in [3.63, 3.8) is 0 Å². The minimum absolute atomic E-state index is 0.0624. The van der Waals surface area contributed by atoms with Crippen LogP contribution in [0.25, 0.3) is 10.2 Å². The smallest absolute Gasteiger partial charge is 0.287 e. The number of fused-ring (bicyclic) bond motifs is 1. The molecule has 1 aromatic heterocycles. The highest BCUT2D eigenvalue weighted by Crippen LogP contribution is 2.30. The Kier molecular flexibility index (Phi) is 4.92. The van der Waals surface area contributed by atoms with E-state index < -0.39 is 39.3 Å². The molecule has 1 fully saturated rings. The molecule has 2 aromatic carbocycles. The zero-order chi connectivity index (χ0) is 21.5. The molecule has 0 radical (unpaired) electrons. The molecule has 0 aliphatic carbocycles. The molecule has 1 atom stereocenters. The summed E-state index contributed by atoms with van der Waals surface area (Å²) >= 11 is 1.12.